The van der Waals surface area contributed by atoms with Crippen LogP contribution in [-0.2, 0) is 16.1 Å². The van der Waals surface area contributed by atoms with Crippen LogP contribution in [0.2, 0.25) is 0 Å². The second-order valence-electron chi connectivity index (χ2n) is 5.45. The number of rotatable bonds is 4. The summed E-state index contributed by atoms with van der Waals surface area (Å²) in [5.41, 5.74) is 0.944. The van der Waals surface area contributed by atoms with Gasteiger partial charge in [-0.05, 0) is 31.2 Å². The zero-order valence-electron chi connectivity index (χ0n) is 12.0. The Morgan fingerprint density at radius 1 is 1.14 bits per heavy atom. The topological polar surface area (TPSA) is 75.6 Å². The van der Waals surface area contributed by atoms with Gasteiger partial charge in [-0.1, -0.05) is 36.8 Å². The Balaban J connectivity index is 1.74. The number of nitrogens with one attached hydrogen (secondary N) is 1. The molecule has 0 saturated heterocycles. The maximum Gasteiger partial charge on any atom is 0.407 e. The number of carboxylic acid groups (broad SMARTS) is 1. The van der Waals surface area contributed by atoms with Gasteiger partial charge in [0.2, 0.25) is 0 Å². The van der Waals surface area contributed by atoms with Gasteiger partial charge in [0.15, 0.2) is 0 Å². The van der Waals surface area contributed by atoms with Gasteiger partial charge in [0.25, 0.3) is 0 Å². The van der Waals surface area contributed by atoms with Gasteiger partial charge in [0.1, 0.15) is 6.61 Å². The minimum Gasteiger partial charge on any atom is -0.481 e. The van der Waals surface area contributed by atoms with E-state index in [9.17, 15) is 9.59 Å². The van der Waals surface area contributed by atoms with Gasteiger partial charge >= 0.3 is 12.1 Å². The molecule has 1 saturated carbocycles. The van der Waals surface area contributed by atoms with E-state index in [-0.39, 0.29) is 18.6 Å². The first kappa shape index (κ1) is 15.4. The van der Waals surface area contributed by atoms with Crippen LogP contribution in [0.3, 0.4) is 0 Å². The van der Waals surface area contributed by atoms with Crippen molar-refractivity contribution in [2.75, 3.05) is 0 Å². The molecule has 2 N–H and O–H groups in total. The van der Waals surface area contributed by atoms with Crippen LogP contribution in [0.5, 0.6) is 0 Å². The molecule has 0 radical (unpaired) electrons. The first-order valence-electron chi connectivity index (χ1n) is 7.35. The first-order valence-corrected chi connectivity index (χ1v) is 7.35. The Labute approximate surface area is 124 Å². The second-order valence-corrected chi connectivity index (χ2v) is 5.45. The number of benzene rings is 1. The van der Waals surface area contributed by atoms with Crippen molar-refractivity contribution in [2.24, 2.45) is 5.92 Å². The van der Waals surface area contributed by atoms with E-state index in [0.717, 1.165) is 18.4 Å². The maximum absolute atomic E-state index is 11.8. The number of carboxylic acids is 1. The summed E-state index contributed by atoms with van der Waals surface area (Å²) in [6.45, 7) is 0.247. The van der Waals surface area contributed by atoms with Crippen LogP contribution in [-0.4, -0.2) is 23.2 Å². The first-order chi connectivity index (χ1) is 10.1. The number of alkyl carbamates (subject to hydrolysis) is 1. The van der Waals surface area contributed by atoms with E-state index < -0.39 is 12.1 Å². The van der Waals surface area contributed by atoms with Crippen LogP contribution in [0.1, 0.15) is 37.7 Å². The molecule has 5 heteroatoms. The summed E-state index contributed by atoms with van der Waals surface area (Å²) in [5, 5.41) is 11.9. The molecule has 0 heterocycles. The van der Waals surface area contributed by atoms with Crippen LogP contribution in [0.25, 0.3) is 0 Å². The third-order valence-corrected chi connectivity index (χ3v) is 3.85. The molecule has 2 atom stereocenters. The number of aliphatic carboxylic acids is 1. The van der Waals surface area contributed by atoms with E-state index >= 15 is 0 Å². The van der Waals surface area contributed by atoms with E-state index in [0.29, 0.717) is 19.3 Å². The molecule has 5 nitrogen and oxygen atoms in total. The predicted molar refractivity (Wildman–Crippen MR) is 77.8 cm³/mol. The fourth-order valence-electron chi connectivity index (χ4n) is 2.62. The highest BCUT2D eigenvalue weighted by atomic mass is 16.5. The highest BCUT2D eigenvalue weighted by Crippen LogP contribution is 2.23. The van der Waals surface area contributed by atoms with Gasteiger partial charge in [0, 0.05) is 6.04 Å². The zero-order chi connectivity index (χ0) is 15.1. The van der Waals surface area contributed by atoms with Gasteiger partial charge < -0.3 is 15.2 Å². The summed E-state index contributed by atoms with van der Waals surface area (Å²) in [4.78, 5) is 22.7. The molecule has 0 aliphatic heterocycles. The lowest BCUT2D eigenvalue weighted by Gasteiger charge is -2.16. The summed E-state index contributed by atoms with van der Waals surface area (Å²) >= 11 is 0. The Hall–Kier alpha value is -2.04. The molecule has 1 aliphatic rings. The third kappa shape index (κ3) is 5.10. The molecule has 2 unspecified atom stereocenters. The zero-order valence-corrected chi connectivity index (χ0v) is 12.0. The van der Waals surface area contributed by atoms with Crippen LogP contribution >= 0.6 is 0 Å². The Morgan fingerprint density at radius 3 is 2.62 bits per heavy atom. The van der Waals surface area contributed by atoms with Crippen molar-refractivity contribution < 1.29 is 19.4 Å². The van der Waals surface area contributed by atoms with Crippen molar-refractivity contribution in [1.29, 1.82) is 0 Å². The number of ether oxygens (including phenoxy) is 1. The molecule has 1 amide bonds. The molecular weight excluding hydrogens is 270 g/mol. The van der Waals surface area contributed by atoms with Crippen molar-refractivity contribution in [3.05, 3.63) is 35.9 Å². The lowest BCUT2D eigenvalue weighted by atomic mass is 10.0. The molecule has 1 aromatic rings. The molecule has 0 aromatic heterocycles. The normalized spacial score (nSPS) is 22.1. The summed E-state index contributed by atoms with van der Waals surface area (Å²) in [6, 6.07) is 9.51. The molecule has 0 bridgehead atoms. The van der Waals surface area contributed by atoms with Crippen LogP contribution in [0.4, 0.5) is 4.79 Å². The fourth-order valence-corrected chi connectivity index (χ4v) is 2.62. The summed E-state index contributed by atoms with van der Waals surface area (Å²) < 4.78 is 5.18. The van der Waals surface area contributed by atoms with E-state index in [1.165, 1.54) is 0 Å². The Bertz CT molecular complexity index is 474. The molecule has 0 spiro atoms. The number of hydrogen-bond donors (Lipinski definition) is 2. The van der Waals surface area contributed by atoms with E-state index in [4.69, 9.17) is 9.84 Å². The quantitative estimate of drug-likeness (QED) is 0.836. The number of carbonyl (C=O) groups is 2. The van der Waals surface area contributed by atoms with Gasteiger partial charge in [-0.15, -0.1) is 0 Å². The number of hydrogen-bond acceptors (Lipinski definition) is 3. The Kier molecular flexibility index (Phi) is 5.60. The van der Waals surface area contributed by atoms with E-state index in [2.05, 4.69) is 5.32 Å². The molecule has 1 fully saturated rings. The maximum atomic E-state index is 11.8. The predicted octanol–water partition coefficient (Wildman–Crippen LogP) is 2.95. The van der Waals surface area contributed by atoms with Crippen LogP contribution < -0.4 is 5.32 Å². The molecular formula is C16H21NO4. The lowest BCUT2D eigenvalue weighted by molar-refractivity contribution is -0.142. The smallest absolute Gasteiger partial charge is 0.407 e. The largest absolute Gasteiger partial charge is 0.481 e. The molecule has 1 aliphatic carbocycles. The average molecular weight is 291 g/mol. The average Bonchev–Trinajstić information content (AvgIpc) is 2.72. The Morgan fingerprint density at radius 2 is 1.90 bits per heavy atom. The SMILES string of the molecule is O=C(NC1CCCC(C(=O)O)CC1)OCc1ccccc1. The van der Waals surface area contributed by atoms with Gasteiger partial charge in [-0.25, -0.2) is 4.79 Å². The van der Waals surface area contributed by atoms with Crippen LogP contribution in [0.15, 0.2) is 30.3 Å². The minimum atomic E-state index is -0.734. The van der Waals surface area contributed by atoms with Crippen molar-refractivity contribution in [2.45, 2.75) is 44.8 Å². The third-order valence-electron chi connectivity index (χ3n) is 3.85. The van der Waals surface area contributed by atoms with E-state index in [1.807, 2.05) is 30.3 Å². The summed E-state index contributed by atoms with van der Waals surface area (Å²) in [7, 11) is 0. The standard InChI is InChI=1S/C16H21NO4/c18-15(19)13-7-4-8-14(10-9-13)17-16(20)21-11-12-5-2-1-3-6-12/h1-3,5-6,13-14H,4,7-11H2,(H,17,20)(H,18,19). The van der Waals surface area contributed by atoms with Crippen molar-refractivity contribution >= 4 is 12.1 Å². The monoisotopic (exact) mass is 291 g/mol. The van der Waals surface area contributed by atoms with Gasteiger partial charge in [0.05, 0.1) is 5.92 Å². The summed E-state index contributed by atoms with van der Waals surface area (Å²) in [5.74, 6) is -1.01. The molecule has 114 valence electrons. The second kappa shape index (κ2) is 7.67. The van der Waals surface area contributed by atoms with Crippen molar-refractivity contribution in [3.63, 3.8) is 0 Å². The minimum absolute atomic E-state index is 0.0117. The molecule has 21 heavy (non-hydrogen) atoms. The number of carbonyl (C=O) groups excluding carboxylic acids is 1. The van der Waals surface area contributed by atoms with Crippen molar-refractivity contribution in [3.8, 4) is 0 Å². The highest BCUT2D eigenvalue weighted by molar-refractivity contribution is 5.70. The highest BCUT2D eigenvalue weighted by Gasteiger charge is 2.24. The summed E-state index contributed by atoms with van der Waals surface area (Å²) in [6.07, 6.45) is 3.19. The van der Waals surface area contributed by atoms with E-state index in [1.54, 1.807) is 0 Å². The van der Waals surface area contributed by atoms with Gasteiger partial charge in [-0.3, -0.25) is 4.79 Å². The molecule has 1 aromatic carbocycles. The fraction of sp³-hybridized carbons (Fsp3) is 0.500. The van der Waals surface area contributed by atoms with Crippen LogP contribution in [0, 0.1) is 5.92 Å². The lowest BCUT2D eigenvalue weighted by Crippen LogP contribution is -2.34. The van der Waals surface area contributed by atoms with Crippen molar-refractivity contribution in [1.82, 2.24) is 5.32 Å². The molecule has 2 rings (SSSR count). The number of amides is 1. The van der Waals surface area contributed by atoms with Gasteiger partial charge in [-0.2, -0.15) is 0 Å².